The summed E-state index contributed by atoms with van der Waals surface area (Å²) in [4.78, 5) is 42.7. The molecule has 176 valence electrons. The monoisotopic (exact) mass is 474 g/mol. The summed E-state index contributed by atoms with van der Waals surface area (Å²) in [5.41, 5.74) is 6.37. The van der Waals surface area contributed by atoms with Crippen LogP contribution in [0.4, 0.5) is 11.4 Å². The highest BCUT2D eigenvalue weighted by Crippen LogP contribution is 2.32. The van der Waals surface area contributed by atoms with Gasteiger partial charge in [-0.15, -0.1) is 0 Å². The minimum absolute atomic E-state index is 0.174. The molecule has 0 radical (unpaired) electrons. The van der Waals surface area contributed by atoms with Gasteiger partial charge in [0.25, 0.3) is 5.91 Å². The zero-order valence-electron chi connectivity index (χ0n) is 19.3. The second kappa shape index (κ2) is 9.07. The Bertz CT molecular complexity index is 1580. The van der Waals surface area contributed by atoms with Gasteiger partial charge in [-0.3, -0.25) is 19.6 Å². The first kappa shape index (κ1) is 21.7. The van der Waals surface area contributed by atoms with E-state index < -0.39 is 0 Å². The third-order valence-electron chi connectivity index (χ3n) is 6.33. The first-order valence-electron chi connectivity index (χ1n) is 11.7. The molecule has 1 aliphatic heterocycles. The Morgan fingerprint density at radius 1 is 0.917 bits per heavy atom. The summed E-state index contributed by atoms with van der Waals surface area (Å²) >= 11 is 0. The van der Waals surface area contributed by atoms with E-state index in [2.05, 4.69) is 31.3 Å². The number of anilines is 2. The van der Waals surface area contributed by atoms with Gasteiger partial charge < -0.3 is 15.2 Å². The second-order valence-electron chi connectivity index (χ2n) is 8.66. The summed E-state index contributed by atoms with van der Waals surface area (Å²) in [6.45, 7) is 0.770. The SMILES string of the molecule is O=C(Nc1cccnc1)c1cc2c(-c3cncc(-c4ccc(N5CCCC5=O)cc4)c3)ccnc2[nH]1. The molecule has 1 aliphatic rings. The highest BCUT2D eigenvalue weighted by Gasteiger charge is 2.21. The fourth-order valence-corrected chi connectivity index (χ4v) is 4.54. The van der Waals surface area contributed by atoms with Gasteiger partial charge in [0.05, 0.1) is 11.9 Å². The van der Waals surface area contributed by atoms with Crippen molar-refractivity contribution in [2.75, 3.05) is 16.8 Å². The third kappa shape index (κ3) is 4.09. The maximum absolute atomic E-state index is 12.8. The van der Waals surface area contributed by atoms with Crippen LogP contribution >= 0.6 is 0 Å². The fourth-order valence-electron chi connectivity index (χ4n) is 4.54. The van der Waals surface area contributed by atoms with Gasteiger partial charge in [-0.1, -0.05) is 12.1 Å². The van der Waals surface area contributed by atoms with Crippen molar-refractivity contribution in [1.82, 2.24) is 19.9 Å². The quantitative estimate of drug-likeness (QED) is 0.370. The van der Waals surface area contributed by atoms with Crippen molar-refractivity contribution >= 4 is 34.2 Å². The number of pyridine rings is 3. The lowest BCUT2D eigenvalue weighted by atomic mass is 10.0. The number of amides is 2. The van der Waals surface area contributed by atoms with Crippen molar-refractivity contribution in [2.45, 2.75) is 12.8 Å². The first-order chi connectivity index (χ1) is 17.7. The van der Waals surface area contributed by atoms with Gasteiger partial charge in [-0.05, 0) is 60.0 Å². The predicted octanol–water partition coefficient (Wildman–Crippen LogP) is 5.07. The smallest absolute Gasteiger partial charge is 0.272 e. The summed E-state index contributed by atoms with van der Waals surface area (Å²) < 4.78 is 0. The molecule has 0 atom stereocenters. The lowest BCUT2D eigenvalue weighted by molar-refractivity contribution is -0.117. The molecule has 1 aromatic carbocycles. The topological polar surface area (TPSA) is 104 Å². The van der Waals surface area contributed by atoms with Gasteiger partial charge >= 0.3 is 0 Å². The summed E-state index contributed by atoms with van der Waals surface area (Å²) in [5, 5.41) is 3.67. The van der Waals surface area contributed by atoms with Crippen molar-refractivity contribution in [3.05, 3.63) is 91.3 Å². The molecule has 0 bridgehead atoms. The average Bonchev–Trinajstić information content (AvgIpc) is 3.56. The molecular weight excluding hydrogens is 452 g/mol. The zero-order valence-corrected chi connectivity index (χ0v) is 19.3. The number of H-pyrrole nitrogens is 1. The molecule has 8 heteroatoms. The number of rotatable bonds is 5. The molecule has 5 heterocycles. The molecule has 0 aliphatic carbocycles. The van der Waals surface area contributed by atoms with E-state index in [4.69, 9.17) is 0 Å². The van der Waals surface area contributed by atoms with E-state index in [1.54, 1.807) is 43.0 Å². The first-order valence-corrected chi connectivity index (χ1v) is 11.7. The van der Waals surface area contributed by atoms with Gasteiger partial charge in [-0.25, -0.2) is 4.98 Å². The van der Waals surface area contributed by atoms with Crippen molar-refractivity contribution in [2.24, 2.45) is 0 Å². The largest absolute Gasteiger partial charge is 0.335 e. The van der Waals surface area contributed by atoms with Crippen LogP contribution in [0.2, 0.25) is 0 Å². The van der Waals surface area contributed by atoms with Crippen molar-refractivity contribution in [3.8, 4) is 22.3 Å². The summed E-state index contributed by atoms with van der Waals surface area (Å²) in [5.74, 6) is -0.0940. The molecule has 4 aromatic heterocycles. The summed E-state index contributed by atoms with van der Waals surface area (Å²) in [6, 6.07) is 17.3. The fraction of sp³-hybridized carbons (Fsp3) is 0.107. The number of hydrogen-bond donors (Lipinski definition) is 2. The molecule has 2 amide bonds. The molecule has 5 aromatic rings. The number of aromatic amines is 1. The zero-order chi connectivity index (χ0) is 24.5. The van der Waals surface area contributed by atoms with E-state index in [9.17, 15) is 9.59 Å². The average molecular weight is 475 g/mol. The predicted molar refractivity (Wildman–Crippen MR) is 139 cm³/mol. The Labute approximate surface area is 207 Å². The standard InChI is InChI=1S/C28H22N6O2/c35-26-4-2-12-34(26)22-7-5-18(6-8-22)19-13-20(16-30-15-19)23-9-11-31-27-24(23)14-25(33-27)28(36)32-21-3-1-10-29-17-21/h1,3,5-11,13-17H,2,4,12H2,(H,31,33)(H,32,36). The minimum Gasteiger partial charge on any atom is -0.335 e. The Hall–Kier alpha value is -4.85. The molecule has 8 nitrogen and oxygen atoms in total. The maximum Gasteiger partial charge on any atom is 0.272 e. The molecule has 6 rings (SSSR count). The minimum atomic E-state index is -0.268. The molecule has 36 heavy (non-hydrogen) atoms. The molecule has 1 fully saturated rings. The van der Waals surface area contributed by atoms with E-state index in [-0.39, 0.29) is 11.8 Å². The molecule has 1 saturated heterocycles. The summed E-state index contributed by atoms with van der Waals surface area (Å²) in [7, 11) is 0. The number of nitrogens with zero attached hydrogens (tertiary/aromatic N) is 4. The lowest BCUT2D eigenvalue weighted by Gasteiger charge is -2.16. The lowest BCUT2D eigenvalue weighted by Crippen LogP contribution is -2.23. The van der Waals surface area contributed by atoms with Crippen molar-refractivity contribution < 1.29 is 9.59 Å². The van der Waals surface area contributed by atoms with Crippen LogP contribution in [-0.2, 0) is 4.79 Å². The number of hydrogen-bond acceptors (Lipinski definition) is 5. The normalized spacial score (nSPS) is 13.3. The van der Waals surface area contributed by atoms with Crippen LogP contribution in [0.3, 0.4) is 0 Å². The number of nitrogens with one attached hydrogen (secondary N) is 2. The van der Waals surface area contributed by atoms with Crippen molar-refractivity contribution in [3.63, 3.8) is 0 Å². The Kier molecular flexibility index (Phi) is 5.46. The van der Waals surface area contributed by atoms with Gasteiger partial charge in [0.1, 0.15) is 11.3 Å². The van der Waals surface area contributed by atoms with Crippen molar-refractivity contribution in [1.29, 1.82) is 0 Å². The number of fused-ring (bicyclic) bond motifs is 1. The molecule has 0 saturated carbocycles. The van der Waals surface area contributed by atoms with Crippen LogP contribution in [0, 0.1) is 0 Å². The van der Waals surface area contributed by atoms with Crippen LogP contribution in [0.5, 0.6) is 0 Å². The summed E-state index contributed by atoms with van der Waals surface area (Å²) in [6.07, 6.45) is 10.1. The van der Waals surface area contributed by atoms with E-state index >= 15 is 0 Å². The number of benzene rings is 1. The van der Waals surface area contributed by atoms with Crippen LogP contribution in [-0.4, -0.2) is 38.3 Å². The Balaban J connectivity index is 1.30. The van der Waals surface area contributed by atoms with E-state index in [1.165, 1.54) is 0 Å². The highest BCUT2D eigenvalue weighted by molar-refractivity contribution is 6.07. The van der Waals surface area contributed by atoms with Gasteiger partial charge in [0, 0.05) is 60.0 Å². The van der Waals surface area contributed by atoms with Gasteiger partial charge in [0.2, 0.25) is 5.91 Å². The maximum atomic E-state index is 12.8. The van der Waals surface area contributed by atoms with E-state index in [1.807, 2.05) is 41.4 Å². The van der Waals surface area contributed by atoms with E-state index in [0.717, 1.165) is 46.3 Å². The van der Waals surface area contributed by atoms with Crippen LogP contribution in [0.25, 0.3) is 33.3 Å². The van der Waals surface area contributed by atoms with Gasteiger partial charge in [0.15, 0.2) is 0 Å². The molecular formula is C28H22N6O2. The number of carbonyl (C=O) groups excluding carboxylic acids is 2. The number of carbonyl (C=O) groups is 2. The Morgan fingerprint density at radius 2 is 1.78 bits per heavy atom. The third-order valence-corrected chi connectivity index (χ3v) is 6.33. The Morgan fingerprint density at radius 3 is 2.56 bits per heavy atom. The molecule has 0 spiro atoms. The molecule has 2 N–H and O–H groups in total. The van der Waals surface area contributed by atoms with Crippen LogP contribution < -0.4 is 10.2 Å². The van der Waals surface area contributed by atoms with E-state index in [0.29, 0.717) is 23.4 Å². The highest BCUT2D eigenvalue weighted by atomic mass is 16.2. The van der Waals surface area contributed by atoms with Gasteiger partial charge in [-0.2, -0.15) is 0 Å². The number of aromatic nitrogens is 4. The van der Waals surface area contributed by atoms with Crippen LogP contribution in [0.15, 0.2) is 85.6 Å². The second-order valence-corrected chi connectivity index (χ2v) is 8.66. The van der Waals surface area contributed by atoms with Crippen LogP contribution in [0.1, 0.15) is 23.3 Å². The molecule has 0 unspecified atom stereocenters.